The first-order chi connectivity index (χ1) is 8.68. The van der Waals surface area contributed by atoms with E-state index in [1.54, 1.807) is 0 Å². The van der Waals surface area contributed by atoms with E-state index in [9.17, 15) is 9.90 Å². The van der Waals surface area contributed by atoms with Gasteiger partial charge in [0, 0.05) is 18.0 Å². The molecule has 1 rings (SSSR count). The van der Waals surface area contributed by atoms with Gasteiger partial charge in [0.1, 0.15) is 4.88 Å². The fraction of sp³-hybridized carbons (Fsp3) is 0.714. The lowest BCUT2D eigenvalue weighted by Crippen LogP contribution is -2.31. The van der Waals surface area contributed by atoms with Crippen molar-refractivity contribution < 1.29 is 9.90 Å². The fourth-order valence-electron chi connectivity index (χ4n) is 1.90. The summed E-state index contributed by atoms with van der Waals surface area (Å²) in [5.74, 6) is -0.881. The Labute approximate surface area is 119 Å². The highest BCUT2D eigenvalue weighted by Gasteiger charge is 2.28. The Hall–Kier alpha value is -1.10. The van der Waals surface area contributed by atoms with Gasteiger partial charge in [-0.25, -0.2) is 9.78 Å². The van der Waals surface area contributed by atoms with Crippen LogP contribution in [-0.2, 0) is 5.41 Å². The molecule has 108 valence electrons. The highest BCUT2D eigenvalue weighted by atomic mass is 32.1. The predicted molar refractivity (Wildman–Crippen MR) is 80.5 cm³/mol. The standard InChI is InChI=1S/C14H24N2O2S/c1-7-8-16(9(2)3)13-15-11(14(4,5)6)10(19-13)12(17)18/h9H,7-8H2,1-6H3,(H,17,18). The summed E-state index contributed by atoms with van der Waals surface area (Å²) in [5.41, 5.74) is 0.430. The number of nitrogens with zero attached hydrogens (tertiary/aromatic N) is 2. The van der Waals surface area contributed by atoms with Gasteiger partial charge in [-0.05, 0) is 20.3 Å². The molecule has 0 aromatic carbocycles. The zero-order valence-electron chi connectivity index (χ0n) is 12.6. The van der Waals surface area contributed by atoms with E-state index in [2.05, 4.69) is 30.7 Å². The summed E-state index contributed by atoms with van der Waals surface area (Å²) in [6.07, 6.45) is 1.02. The summed E-state index contributed by atoms with van der Waals surface area (Å²) in [5, 5.41) is 10.2. The second kappa shape index (κ2) is 5.90. The lowest BCUT2D eigenvalue weighted by atomic mass is 9.91. The molecule has 0 aliphatic heterocycles. The van der Waals surface area contributed by atoms with Crippen molar-refractivity contribution in [2.45, 2.75) is 59.4 Å². The Morgan fingerprint density at radius 3 is 2.32 bits per heavy atom. The molecule has 1 heterocycles. The normalized spacial score (nSPS) is 11.9. The maximum Gasteiger partial charge on any atom is 0.347 e. The van der Waals surface area contributed by atoms with Gasteiger partial charge in [0.2, 0.25) is 0 Å². The molecule has 0 spiro atoms. The van der Waals surface area contributed by atoms with Crippen LogP contribution in [0.15, 0.2) is 0 Å². The number of carboxylic acid groups (broad SMARTS) is 1. The van der Waals surface area contributed by atoms with Crippen molar-refractivity contribution in [3.63, 3.8) is 0 Å². The van der Waals surface area contributed by atoms with Gasteiger partial charge in [-0.2, -0.15) is 0 Å². The quantitative estimate of drug-likeness (QED) is 0.894. The first kappa shape index (κ1) is 16.0. The summed E-state index contributed by atoms with van der Waals surface area (Å²) in [6.45, 7) is 13.2. The van der Waals surface area contributed by atoms with Crippen molar-refractivity contribution in [3.05, 3.63) is 10.6 Å². The Bertz CT molecular complexity index is 447. The Morgan fingerprint density at radius 2 is 2.00 bits per heavy atom. The van der Waals surface area contributed by atoms with E-state index in [0.29, 0.717) is 16.6 Å². The molecule has 0 bridgehead atoms. The van der Waals surface area contributed by atoms with Crippen molar-refractivity contribution in [2.24, 2.45) is 0 Å². The van der Waals surface area contributed by atoms with Crippen LogP contribution in [0.1, 0.15) is 63.3 Å². The van der Waals surface area contributed by atoms with Crippen LogP contribution >= 0.6 is 11.3 Å². The van der Waals surface area contributed by atoms with Crippen molar-refractivity contribution in [1.82, 2.24) is 4.98 Å². The first-order valence-electron chi connectivity index (χ1n) is 6.69. The minimum atomic E-state index is -0.881. The molecule has 0 fully saturated rings. The third-order valence-corrected chi connectivity index (χ3v) is 3.93. The molecule has 4 nitrogen and oxygen atoms in total. The third kappa shape index (κ3) is 3.69. The summed E-state index contributed by atoms with van der Waals surface area (Å²) in [6, 6.07) is 0.320. The maximum absolute atomic E-state index is 11.4. The summed E-state index contributed by atoms with van der Waals surface area (Å²) >= 11 is 1.29. The van der Waals surface area contributed by atoms with Crippen LogP contribution in [0.5, 0.6) is 0 Å². The van der Waals surface area contributed by atoms with E-state index in [-0.39, 0.29) is 5.41 Å². The molecule has 0 unspecified atom stereocenters. The lowest BCUT2D eigenvalue weighted by Gasteiger charge is -2.25. The van der Waals surface area contributed by atoms with Crippen LogP contribution in [0.2, 0.25) is 0 Å². The van der Waals surface area contributed by atoms with Gasteiger partial charge in [0.15, 0.2) is 5.13 Å². The van der Waals surface area contributed by atoms with Gasteiger partial charge < -0.3 is 10.0 Å². The number of aromatic carboxylic acids is 1. The number of thiazole rings is 1. The number of hydrogen-bond acceptors (Lipinski definition) is 4. The van der Waals surface area contributed by atoms with E-state index < -0.39 is 5.97 Å². The maximum atomic E-state index is 11.4. The average molecular weight is 284 g/mol. The van der Waals surface area contributed by atoms with E-state index >= 15 is 0 Å². The molecule has 0 atom stereocenters. The van der Waals surface area contributed by atoms with Gasteiger partial charge in [-0.1, -0.05) is 39.0 Å². The zero-order chi connectivity index (χ0) is 14.8. The molecular formula is C14H24N2O2S. The molecule has 0 aliphatic carbocycles. The van der Waals surface area contributed by atoms with Crippen molar-refractivity contribution >= 4 is 22.4 Å². The SMILES string of the molecule is CCCN(c1nc(C(C)(C)C)c(C(=O)O)s1)C(C)C. The largest absolute Gasteiger partial charge is 0.477 e. The summed E-state index contributed by atoms with van der Waals surface area (Å²) < 4.78 is 0. The van der Waals surface area contributed by atoms with Gasteiger partial charge in [-0.15, -0.1) is 0 Å². The van der Waals surface area contributed by atoms with E-state index in [0.717, 1.165) is 18.1 Å². The number of carboxylic acids is 1. The van der Waals surface area contributed by atoms with Gasteiger partial charge in [0.05, 0.1) is 5.69 Å². The number of carbonyl (C=O) groups is 1. The van der Waals surface area contributed by atoms with Gasteiger partial charge in [-0.3, -0.25) is 0 Å². The Morgan fingerprint density at radius 1 is 1.42 bits per heavy atom. The van der Waals surface area contributed by atoms with E-state index in [1.165, 1.54) is 11.3 Å². The van der Waals surface area contributed by atoms with Crippen molar-refractivity contribution in [2.75, 3.05) is 11.4 Å². The molecule has 19 heavy (non-hydrogen) atoms. The molecule has 1 aromatic rings. The molecule has 0 radical (unpaired) electrons. The number of aromatic nitrogens is 1. The predicted octanol–water partition coefficient (Wildman–Crippen LogP) is 3.76. The smallest absolute Gasteiger partial charge is 0.347 e. The summed E-state index contributed by atoms with van der Waals surface area (Å²) in [7, 11) is 0. The molecule has 0 amide bonds. The Balaban J connectivity index is 3.27. The zero-order valence-corrected chi connectivity index (χ0v) is 13.5. The number of anilines is 1. The molecular weight excluding hydrogens is 260 g/mol. The van der Waals surface area contributed by atoms with Crippen LogP contribution in [0.3, 0.4) is 0 Å². The summed E-state index contributed by atoms with van der Waals surface area (Å²) in [4.78, 5) is 18.5. The lowest BCUT2D eigenvalue weighted by molar-refractivity contribution is 0.0699. The molecule has 0 saturated heterocycles. The van der Waals surface area contributed by atoms with Crippen LogP contribution in [0.4, 0.5) is 5.13 Å². The van der Waals surface area contributed by atoms with Crippen LogP contribution < -0.4 is 4.90 Å². The van der Waals surface area contributed by atoms with Gasteiger partial charge >= 0.3 is 5.97 Å². The minimum absolute atomic E-state index is 0.253. The van der Waals surface area contributed by atoms with Crippen molar-refractivity contribution in [1.29, 1.82) is 0 Å². The first-order valence-corrected chi connectivity index (χ1v) is 7.51. The molecule has 0 aliphatic rings. The Kier molecular flexibility index (Phi) is 4.96. The topological polar surface area (TPSA) is 53.4 Å². The fourth-order valence-corrected chi connectivity index (χ4v) is 3.18. The number of rotatable bonds is 5. The average Bonchev–Trinajstić information content (AvgIpc) is 2.69. The molecule has 1 N–H and O–H groups in total. The second-order valence-electron chi connectivity index (χ2n) is 6.02. The van der Waals surface area contributed by atoms with E-state index in [4.69, 9.17) is 0 Å². The second-order valence-corrected chi connectivity index (χ2v) is 6.99. The highest BCUT2D eigenvalue weighted by molar-refractivity contribution is 7.17. The third-order valence-electron chi connectivity index (χ3n) is 2.85. The minimum Gasteiger partial charge on any atom is -0.477 e. The van der Waals surface area contributed by atoms with E-state index in [1.807, 2.05) is 20.8 Å². The van der Waals surface area contributed by atoms with Gasteiger partial charge in [0.25, 0.3) is 0 Å². The molecule has 1 aromatic heterocycles. The molecule has 0 saturated carbocycles. The monoisotopic (exact) mass is 284 g/mol. The number of hydrogen-bond donors (Lipinski definition) is 1. The van der Waals surface area contributed by atoms with Crippen LogP contribution in [0.25, 0.3) is 0 Å². The highest BCUT2D eigenvalue weighted by Crippen LogP contribution is 2.34. The molecule has 5 heteroatoms. The van der Waals surface area contributed by atoms with Crippen LogP contribution in [-0.4, -0.2) is 28.6 Å². The van der Waals surface area contributed by atoms with Crippen molar-refractivity contribution in [3.8, 4) is 0 Å². The van der Waals surface area contributed by atoms with Crippen LogP contribution in [0, 0.1) is 0 Å².